The van der Waals surface area contributed by atoms with Gasteiger partial charge < -0.3 is 9.84 Å². The van der Waals surface area contributed by atoms with Crippen molar-refractivity contribution in [1.82, 2.24) is 0 Å². The lowest BCUT2D eigenvalue weighted by atomic mass is 10.1. The predicted molar refractivity (Wildman–Crippen MR) is 74.5 cm³/mol. The molecular weight excluding hydrogens is 280 g/mol. The van der Waals surface area contributed by atoms with Crippen LogP contribution in [0.2, 0.25) is 5.02 Å². The van der Waals surface area contributed by atoms with E-state index in [2.05, 4.69) is 0 Å². The first kappa shape index (κ1) is 14.1. The monoisotopic (exact) mass is 290 g/mol. The smallest absolute Gasteiger partial charge is 0.343 e. The van der Waals surface area contributed by atoms with Gasteiger partial charge in [0.2, 0.25) is 0 Å². The molecule has 0 heterocycles. The van der Waals surface area contributed by atoms with Crippen LogP contribution in [-0.2, 0) is 0 Å². The zero-order valence-corrected chi connectivity index (χ0v) is 11.3. The Hall–Kier alpha value is -2.33. The molecule has 2 aromatic carbocycles. The van der Waals surface area contributed by atoms with Gasteiger partial charge in [0.25, 0.3) is 0 Å². The number of benzene rings is 2. The Morgan fingerprint density at radius 2 is 1.75 bits per heavy atom. The van der Waals surface area contributed by atoms with Crippen molar-refractivity contribution in [2.45, 2.75) is 6.92 Å². The SMILES string of the molecule is Cc1ccc(C(=O)Oc2ccc(Cl)cc2C(=O)O)cc1. The number of rotatable bonds is 3. The highest BCUT2D eigenvalue weighted by Gasteiger charge is 2.16. The molecule has 102 valence electrons. The number of esters is 1. The number of carboxylic acid groups (broad SMARTS) is 1. The lowest BCUT2D eigenvalue weighted by molar-refractivity contribution is 0.0681. The summed E-state index contributed by atoms with van der Waals surface area (Å²) in [4.78, 5) is 23.0. The van der Waals surface area contributed by atoms with E-state index in [9.17, 15) is 9.59 Å². The van der Waals surface area contributed by atoms with Crippen LogP contribution in [0.15, 0.2) is 42.5 Å². The second-order valence-electron chi connectivity index (χ2n) is 4.20. The molecule has 0 radical (unpaired) electrons. The Morgan fingerprint density at radius 1 is 1.10 bits per heavy atom. The minimum absolute atomic E-state index is 0.0347. The van der Waals surface area contributed by atoms with Gasteiger partial charge in [-0.25, -0.2) is 9.59 Å². The third-order valence-electron chi connectivity index (χ3n) is 2.66. The highest BCUT2D eigenvalue weighted by molar-refractivity contribution is 6.31. The molecule has 0 saturated heterocycles. The third-order valence-corrected chi connectivity index (χ3v) is 2.90. The molecule has 0 saturated carbocycles. The van der Waals surface area contributed by atoms with Gasteiger partial charge in [-0.3, -0.25) is 0 Å². The zero-order chi connectivity index (χ0) is 14.7. The van der Waals surface area contributed by atoms with Crippen LogP contribution in [0.5, 0.6) is 5.75 Å². The number of carbonyl (C=O) groups is 2. The Morgan fingerprint density at radius 3 is 2.35 bits per heavy atom. The van der Waals surface area contributed by atoms with Crippen molar-refractivity contribution in [3.8, 4) is 5.75 Å². The van der Waals surface area contributed by atoms with Crippen LogP contribution in [0, 0.1) is 6.92 Å². The number of ether oxygens (including phenoxy) is 1. The number of halogens is 1. The van der Waals surface area contributed by atoms with Crippen molar-refractivity contribution in [1.29, 1.82) is 0 Å². The molecule has 0 unspecified atom stereocenters. The van der Waals surface area contributed by atoms with Gasteiger partial charge in [0.1, 0.15) is 11.3 Å². The summed E-state index contributed by atoms with van der Waals surface area (Å²) in [7, 11) is 0. The Labute approximate surface area is 120 Å². The number of aryl methyl sites for hydroxylation is 1. The summed E-state index contributed by atoms with van der Waals surface area (Å²) in [6.07, 6.45) is 0. The van der Waals surface area contributed by atoms with Crippen LogP contribution in [0.3, 0.4) is 0 Å². The van der Waals surface area contributed by atoms with Gasteiger partial charge in [-0.15, -0.1) is 0 Å². The van der Waals surface area contributed by atoms with Crippen LogP contribution in [-0.4, -0.2) is 17.0 Å². The summed E-state index contributed by atoms with van der Waals surface area (Å²) in [6.45, 7) is 1.90. The number of hydrogen-bond donors (Lipinski definition) is 1. The zero-order valence-electron chi connectivity index (χ0n) is 10.6. The van der Waals surface area contributed by atoms with E-state index in [0.717, 1.165) is 5.56 Å². The number of aromatic carboxylic acids is 1. The van der Waals surface area contributed by atoms with E-state index >= 15 is 0 Å². The van der Waals surface area contributed by atoms with Crippen molar-refractivity contribution < 1.29 is 19.4 Å². The molecule has 0 spiro atoms. The average Bonchev–Trinajstić information content (AvgIpc) is 2.41. The first-order chi connectivity index (χ1) is 9.47. The fraction of sp³-hybridized carbons (Fsp3) is 0.0667. The lowest BCUT2D eigenvalue weighted by Crippen LogP contribution is -2.11. The van der Waals surface area contributed by atoms with Crippen LogP contribution >= 0.6 is 11.6 Å². The van der Waals surface area contributed by atoms with Crippen LogP contribution in [0.25, 0.3) is 0 Å². The highest BCUT2D eigenvalue weighted by Crippen LogP contribution is 2.24. The Kier molecular flexibility index (Phi) is 4.05. The van der Waals surface area contributed by atoms with E-state index in [1.807, 2.05) is 6.92 Å². The molecule has 0 amide bonds. The molecule has 0 bridgehead atoms. The first-order valence-corrected chi connectivity index (χ1v) is 6.17. The predicted octanol–water partition coefficient (Wildman–Crippen LogP) is 3.57. The van der Waals surface area contributed by atoms with Gasteiger partial charge in [0.05, 0.1) is 5.56 Å². The quantitative estimate of drug-likeness (QED) is 0.693. The van der Waals surface area contributed by atoms with Gasteiger partial charge in [0, 0.05) is 5.02 Å². The normalized spacial score (nSPS) is 10.1. The minimum atomic E-state index is -1.21. The average molecular weight is 291 g/mol. The van der Waals surface area contributed by atoms with Crippen molar-refractivity contribution in [3.63, 3.8) is 0 Å². The number of carbonyl (C=O) groups excluding carboxylic acids is 1. The standard InChI is InChI=1S/C15H11ClO4/c1-9-2-4-10(5-3-9)15(19)20-13-7-6-11(16)8-12(13)14(17)18/h2-8H,1H3,(H,17,18). The van der Waals surface area contributed by atoms with Crippen molar-refractivity contribution >= 4 is 23.5 Å². The molecule has 0 aliphatic carbocycles. The summed E-state index contributed by atoms with van der Waals surface area (Å²) in [5, 5.41) is 9.32. The second-order valence-corrected chi connectivity index (χ2v) is 4.64. The maximum absolute atomic E-state index is 11.9. The maximum Gasteiger partial charge on any atom is 0.343 e. The van der Waals surface area contributed by atoms with E-state index in [4.69, 9.17) is 21.4 Å². The van der Waals surface area contributed by atoms with Gasteiger partial charge in [-0.2, -0.15) is 0 Å². The van der Waals surface area contributed by atoms with Crippen molar-refractivity contribution in [2.75, 3.05) is 0 Å². The Balaban J connectivity index is 2.28. The fourth-order valence-corrected chi connectivity index (χ4v) is 1.78. The molecule has 1 N–H and O–H groups in total. The van der Waals surface area contributed by atoms with E-state index in [-0.39, 0.29) is 16.3 Å². The van der Waals surface area contributed by atoms with Gasteiger partial charge in [-0.05, 0) is 37.3 Å². The van der Waals surface area contributed by atoms with E-state index < -0.39 is 11.9 Å². The molecule has 0 aliphatic heterocycles. The molecule has 0 aliphatic rings. The van der Waals surface area contributed by atoms with Crippen molar-refractivity contribution in [3.05, 3.63) is 64.2 Å². The minimum Gasteiger partial charge on any atom is -0.478 e. The van der Waals surface area contributed by atoms with Crippen LogP contribution < -0.4 is 4.74 Å². The largest absolute Gasteiger partial charge is 0.478 e. The molecule has 4 nitrogen and oxygen atoms in total. The number of carboxylic acids is 1. The van der Waals surface area contributed by atoms with E-state index in [1.165, 1.54) is 18.2 Å². The molecule has 2 rings (SSSR count). The molecule has 2 aromatic rings. The topological polar surface area (TPSA) is 63.6 Å². The molecule has 0 aromatic heterocycles. The summed E-state index contributed by atoms with van der Waals surface area (Å²) in [5.74, 6) is -1.86. The molecular formula is C15H11ClO4. The number of hydrogen-bond acceptors (Lipinski definition) is 3. The molecule has 20 heavy (non-hydrogen) atoms. The maximum atomic E-state index is 11.9. The summed E-state index contributed by atoms with van der Waals surface area (Å²) < 4.78 is 5.11. The lowest BCUT2D eigenvalue weighted by Gasteiger charge is -2.08. The summed E-state index contributed by atoms with van der Waals surface area (Å²) >= 11 is 5.73. The highest BCUT2D eigenvalue weighted by atomic mass is 35.5. The molecule has 0 fully saturated rings. The van der Waals surface area contributed by atoms with E-state index in [1.54, 1.807) is 24.3 Å². The van der Waals surface area contributed by atoms with Gasteiger partial charge >= 0.3 is 11.9 Å². The molecule has 5 heteroatoms. The first-order valence-electron chi connectivity index (χ1n) is 5.79. The summed E-state index contributed by atoms with van der Waals surface area (Å²) in [5.41, 5.74) is 1.21. The third kappa shape index (κ3) is 3.16. The van der Waals surface area contributed by atoms with Gasteiger partial charge in [0.15, 0.2) is 0 Å². The second kappa shape index (κ2) is 5.75. The fourth-order valence-electron chi connectivity index (χ4n) is 1.61. The van der Waals surface area contributed by atoms with Crippen molar-refractivity contribution in [2.24, 2.45) is 0 Å². The van der Waals surface area contributed by atoms with E-state index in [0.29, 0.717) is 5.56 Å². The summed E-state index contributed by atoms with van der Waals surface area (Å²) in [6, 6.07) is 10.8. The molecule has 0 atom stereocenters. The van der Waals surface area contributed by atoms with Crippen LogP contribution in [0.1, 0.15) is 26.3 Å². The Bertz CT molecular complexity index is 662. The van der Waals surface area contributed by atoms with Gasteiger partial charge in [-0.1, -0.05) is 29.3 Å². The van der Waals surface area contributed by atoms with Crippen LogP contribution in [0.4, 0.5) is 0 Å².